The molecule has 0 atom stereocenters. The van der Waals surface area contributed by atoms with Crippen molar-refractivity contribution in [3.8, 4) is 0 Å². The van der Waals surface area contributed by atoms with Crippen molar-refractivity contribution in [3.63, 3.8) is 0 Å². The quantitative estimate of drug-likeness (QED) is 0.309. The molecule has 3 heteroatoms. The van der Waals surface area contributed by atoms with E-state index in [0.717, 1.165) is 0 Å². The summed E-state index contributed by atoms with van der Waals surface area (Å²) in [4.78, 5) is 0. The largest absolute Gasteiger partial charge is 0.202 e. The first kappa shape index (κ1) is 6.54. The van der Waals surface area contributed by atoms with Gasteiger partial charge in [-0.15, -0.1) is 11.6 Å². The lowest BCUT2D eigenvalue weighted by Gasteiger charge is -1.67. The fraction of sp³-hybridized carbons (Fsp3) is 0.333. The van der Waals surface area contributed by atoms with E-state index in [2.05, 4.69) is 0 Å². The molecule has 0 aliphatic carbocycles. The van der Waals surface area contributed by atoms with Crippen LogP contribution in [0.15, 0.2) is 11.8 Å². The molecule has 0 spiro atoms. The van der Waals surface area contributed by atoms with Crippen LogP contribution in [-0.2, 0) is 0 Å². The highest BCUT2D eigenvalue weighted by Crippen LogP contribution is 1.77. The molecule has 0 unspecified atom stereocenters. The highest BCUT2D eigenvalue weighted by molar-refractivity contribution is 6.96. The van der Waals surface area contributed by atoms with Gasteiger partial charge in [0.15, 0.2) is 0 Å². The van der Waals surface area contributed by atoms with Crippen LogP contribution in [0.2, 0.25) is 0 Å². The van der Waals surface area contributed by atoms with Crippen molar-refractivity contribution in [1.29, 1.82) is 0 Å². The lowest BCUT2D eigenvalue weighted by molar-refractivity contribution is 1.79. The van der Waals surface area contributed by atoms with Gasteiger partial charge in [-0.3, -0.25) is 0 Å². The van der Waals surface area contributed by atoms with Crippen molar-refractivity contribution in [2.24, 2.45) is 0 Å². The van der Waals surface area contributed by atoms with Crippen LogP contribution >= 0.6 is 22.7 Å². The molecule has 0 bridgehead atoms. The first-order chi connectivity index (χ1) is 2.91. The highest BCUT2D eigenvalue weighted by atomic mass is 35.6. The number of rotatable bonds is 2. The summed E-state index contributed by atoms with van der Waals surface area (Å²) in [6, 6.07) is 0. The molecular weight excluding hydrogens is 135 g/mol. The van der Waals surface area contributed by atoms with Crippen LogP contribution in [0, 0.1) is 0 Å². The highest BCUT2D eigenvalue weighted by Gasteiger charge is 1.66. The third-order valence-corrected chi connectivity index (χ3v) is 1.19. The molecule has 0 fully saturated rings. The van der Waals surface area contributed by atoms with E-state index in [1.165, 1.54) is 0 Å². The van der Waals surface area contributed by atoms with Crippen molar-refractivity contribution in [1.82, 2.24) is 0 Å². The molecule has 0 aliphatic rings. The second-order valence-electron chi connectivity index (χ2n) is 0.666. The molecule has 6 heavy (non-hydrogen) atoms. The average molecular weight is 139 g/mol. The number of allylic oxidation sites excluding steroid dienone is 1. The first-order valence-electron chi connectivity index (χ1n) is 1.49. The van der Waals surface area contributed by atoms with Gasteiger partial charge in [0.2, 0.25) is 8.83 Å². The van der Waals surface area contributed by atoms with Crippen molar-refractivity contribution < 1.29 is 0 Å². The second-order valence-corrected chi connectivity index (χ2v) is 2.18. The molecule has 0 aromatic heterocycles. The lowest BCUT2D eigenvalue weighted by Crippen LogP contribution is -1.65. The normalized spacial score (nSPS) is 10.3. The van der Waals surface area contributed by atoms with Crippen LogP contribution in [0.25, 0.3) is 0 Å². The fourth-order valence-corrected chi connectivity index (χ4v) is 0.802. The third-order valence-electron chi connectivity index (χ3n) is 0.270. The van der Waals surface area contributed by atoms with Gasteiger partial charge < -0.3 is 0 Å². The Hall–Kier alpha value is 0.537. The van der Waals surface area contributed by atoms with Crippen LogP contribution in [0.5, 0.6) is 0 Å². The van der Waals surface area contributed by atoms with Crippen LogP contribution in [-0.4, -0.2) is 14.7 Å². The molecule has 34 valence electrons. The Morgan fingerprint density at radius 3 is 2.50 bits per heavy atom. The van der Waals surface area contributed by atoms with Gasteiger partial charge in [0.05, 0.1) is 0 Å². The molecule has 0 aromatic rings. The summed E-state index contributed by atoms with van der Waals surface area (Å²) >= 11 is 10.5. The average Bonchev–Trinajstić information content (AvgIpc) is 1.61. The third kappa shape index (κ3) is 4.54. The fourth-order valence-electron chi connectivity index (χ4n) is 0.0891. The van der Waals surface area contributed by atoms with Crippen molar-refractivity contribution in [2.45, 2.75) is 0 Å². The molecular formula is C3H4Cl2Si. The summed E-state index contributed by atoms with van der Waals surface area (Å²) in [7, 11) is 0.372. The maximum absolute atomic E-state index is 5.26. The first-order valence-corrected chi connectivity index (χ1v) is 4.11. The van der Waals surface area contributed by atoms with Crippen LogP contribution in [0.3, 0.4) is 0 Å². The molecule has 0 aromatic carbocycles. The minimum atomic E-state index is 0.372. The minimum Gasteiger partial charge on any atom is -0.165 e. The smallest absolute Gasteiger partial charge is 0.165 e. The topological polar surface area (TPSA) is 0 Å². The monoisotopic (exact) mass is 138 g/mol. The molecule has 2 radical (unpaired) electrons. The van der Waals surface area contributed by atoms with Gasteiger partial charge in [0, 0.05) is 5.88 Å². The molecule has 0 N–H and O–H groups in total. The predicted molar refractivity (Wildman–Crippen MR) is 31.5 cm³/mol. The zero-order chi connectivity index (χ0) is 4.83. The summed E-state index contributed by atoms with van der Waals surface area (Å²) in [6.45, 7) is 0. The molecule has 0 saturated heterocycles. The van der Waals surface area contributed by atoms with Crippen molar-refractivity contribution in [3.05, 3.63) is 11.8 Å². The number of alkyl halides is 1. The van der Waals surface area contributed by atoms with E-state index in [0.29, 0.717) is 14.7 Å². The number of hydrogen-bond acceptors (Lipinski definition) is 0. The molecule has 0 rings (SSSR count). The van der Waals surface area contributed by atoms with Crippen LogP contribution < -0.4 is 0 Å². The summed E-state index contributed by atoms with van der Waals surface area (Å²) in [5.74, 6) is 0.569. The Labute approximate surface area is 49.7 Å². The van der Waals surface area contributed by atoms with E-state index in [-0.39, 0.29) is 0 Å². The van der Waals surface area contributed by atoms with Gasteiger partial charge in [-0.2, -0.15) is 11.1 Å². The number of halogens is 2. The van der Waals surface area contributed by atoms with Gasteiger partial charge in [0.1, 0.15) is 0 Å². The SMILES string of the molecule is ClCC=C[Si]Cl. The van der Waals surface area contributed by atoms with E-state index in [1.807, 2.05) is 11.8 Å². The Balaban J connectivity index is 2.73. The van der Waals surface area contributed by atoms with Gasteiger partial charge in [0.25, 0.3) is 0 Å². The van der Waals surface area contributed by atoms with E-state index in [4.69, 9.17) is 22.7 Å². The van der Waals surface area contributed by atoms with Crippen LogP contribution in [0.1, 0.15) is 0 Å². The predicted octanol–water partition coefficient (Wildman–Crippen LogP) is 1.60. The van der Waals surface area contributed by atoms with Crippen molar-refractivity contribution in [2.75, 3.05) is 5.88 Å². The van der Waals surface area contributed by atoms with Gasteiger partial charge in [-0.25, -0.2) is 0 Å². The Morgan fingerprint density at radius 2 is 2.33 bits per heavy atom. The summed E-state index contributed by atoms with van der Waals surface area (Å²) < 4.78 is 0. The maximum Gasteiger partial charge on any atom is 0.202 e. The zero-order valence-corrected chi connectivity index (χ0v) is 5.63. The molecule has 0 saturated carbocycles. The number of hydrogen-bond donors (Lipinski definition) is 0. The zero-order valence-electron chi connectivity index (χ0n) is 3.12. The van der Waals surface area contributed by atoms with E-state index in [9.17, 15) is 0 Å². The Morgan fingerprint density at radius 1 is 1.67 bits per heavy atom. The van der Waals surface area contributed by atoms with Crippen molar-refractivity contribution >= 4 is 31.5 Å². The maximum atomic E-state index is 5.26. The Bertz CT molecular complexity index is 38.1. The molecule has 0 amide bonds. The standard InChI is InChI=1S/C3H4Cl2Si/c4-2-1-3-6-5/h1,3H,2H2. The summed E-state index contributed by atoms with van der Waals surface area (Å²) in [5.41, 5.74) is 1.84. The minimum absolute atomic E-state index is 0.372. The lowest BCUT2D eigenvalue weighted by atomic mass is 10.8. The molecule has 0 heterocycles. The van der Waals surface area contributed by atoms with Gasteiger partial charge in [-0.05, 0) is 0 Å². The second kappa shape index (κ2) is 5.54. The van der Waals surface area contributed by atoms with Gasteiger partial charge in [-0.1, -0.05) is 11.8 Å². The molecule has 0 aliphatic heterocycles. The van der Waals surface area contributed by atoms with Gasteiger partial charge >= 0.3 is 0 Å². The van der Waals surface area contributed by atoms with E-state index < -0.39 is 0 Å². The Kier molecular flexibility index (Phi) is 6.03. The van der Waals surface area contributed by atoms with Crippen LogP contribution in [0.4, 0.5) is 0 Å². The molecule has 0 nitrogen and oxygen atoms in total. The van der Waals surface area contributed by atoms with E-state index >= 15 is 0 Å². The summed E-state index contributed by atoms with van der Waals surface area (Å²) in [6.07, 6.45) is 1.83. The van der Waals surface area contributed by atoms with E-state index in [1.54, 1.807) is 0 Å². The summed E-state index contributed by atoms with van der Waals surface area (Å²) in [5, 5.41) is 0.